The molecule has 0 aliphatic heterocycles. The smallest absolute Gasteiger partial charge is 0.137 e. The fraction of sp³-hybridized carbons (Fsp3) is 0.500. The quantitative estimate of drug-likeness (QED) is 0.165. The van der Waals surface area contributed by atoms with Gasteiger partial charge < -0.3 is 4.57 Å². The standard InChI is InChI=1S/3C9H13N.C7H12N2.C6H11N3/c1-9(2,3)8-4-6-10-7-5-8;1-9(2,3)8-5-4-6-10-7-8;1-9(2,3)8-6-4-5-7-10-8;1-7(2,3)9-5-4-8-6-9;1-6(2,3)9-5-7-4-8-9/h3*4-7H,1-3H3;4-6H,1-3H3;4-5H,1-3H3. The second-order valence-electron chi connectivity index (χ2n) is 16.6. The number of pyridine rings is 3. The van der Waals surface area contributed by atoms with Crippen LogP contribution < -0.4 is 0 Å². The highest BCUT2D eigenvalue weighted by Crippen LogP contribution is 2.21. The lowest BCUT2D eigenvalue weighted by molar-refractivity contribution is 0.354. The molecule has 0 aliphatic rings. The van der Waals surface area contributed by atoms with Gasteiger partial charge in [0.15, 0.2) is 0 Å². The van der Waals surface area contributed by atoms with Crippen molar-refractivity contribution < 1.29 is 0 Å². The van der Waals surface area contributed by atoms with Gasteiger partial charge in [0, 0.05) is 60.0 Å². The Bertz CT molecular complexity index is 1320. The fourth-order valence-corrected chi connectivity index (χ4v) is 3.68. The van der Waals surface area contributed by atoms with Crippen LogP contribution in [0, 0.1) is 0 Å². The highest BCUT2D eigenvalue weighted by atomic mass is 15.3. The van der Waals surface area contributed by atoms with Crippen molar-refractivity contribution in [3.8, 4) is 0 Å². The summed E-state index contributed by atoms with van der Waals surface area (Å²) in [6.45, 7) is 32.3. The molecule has 5 rings (SSSR count). The molecule has 0 saturated heterocycles. The van der Waals surface area contributed by atoms with E-state index < -0.39 is 0 Å². The molecule has 8 heteroatoms. The maximum Gasteiger partial charge on any atom is 0.137 e. The first-order chi connectivity index (χ1) is 22.0. The van der Waals surface area contributed by atoms with E-state index in [4.69, 9.17) is 0 Å². The van der Waals surface area contributed by atoms with Gasteiger partial charge in [-0.1, -0.05) is 74.4 Å². The molecule has 5 heterocycles. The molecule has 0 unspecified atom stereocenters. The molecule has 8 nitrogen and oxygen atoms in total. The normalized spacial score (nSPS) is 11.6. The van der Waals surface area contributed by atoms with Crippen LogP contribution in [0.25, 0.3) is 0 Å². The van der Waals surface area contributed by atoms with Gasteiger partial charge in [0.2, 0.25) is 0 Å². The van der Waals surface area contributed by atoms with E-state index in [0.29, 0.717) is 0 Å². The molecule has 0 N–H and O–H groups in total. The van der Waals surface area contributed by atoms with Gasteiger partial charge in [0.1, 0.15) is 12.7 Å². The predicted molar refractivity (Wildman–Crippen MR) is 201 cm³/mol. The van der Waals surface area contributed by atoms with Crippen LogP contribution in [-0.2, 0) is 27.3 Å². The minimum absolute atomic E-state index is 0.0660. The van der Waals surface area contributed by atoms with Gasteiger partial charge in [-0.15, -0.1) is 0 Å². The Hall–Kier alpha value is -4.20. The summed E-state index contributed by atoms with van der Waals surface area (Å²) in [4.78, 5) is 20.1. The first-order valence-corrected chi connectivity index (χ1v) is 16.6. The lowest BCUT2D eigenvalue weighted by atomic mass is 9.88. The van der Waals surface area contributed by atoms with Crippen LogP contribution in [-0.4, -0.2) is 39.3 Å². The van der Waals surface area contributed by atoms with Gasteiger partial charge in [-0.2, -0.15) is 5.10 Å². The van der Waals surface area contributed by atoms with E-state index in [9.17, 15) is 0 Å². The Balaban J connectivity index is 0.000000300. The summed E-state index contributed by atoms with van der Waals surface area (Å²) in [5, 5.41) is 3.99. The Morgan fingerprint density at radius 2 is 1.10 bits per heavy atom. The molecule has 0 amide bonds. The molecule has 0 aliphatic carbocycles. The van der Waals surface area contributed by atoms with E-state index in [1.54, 1.807) is 25.0 Å². The van der Waals surface area contributed by atoms with Crippen molar-refractivity contribution in [2.75, 3.05) is 0 Å². The molecule has 0 saturated carbocycles. The Labute approximate surface area is 291 Å². The molecule has 0 aromatic carbocycles. The van der Waals surface area contributed by atoms with Gasteiger partial charge in [-0.3, -0.25) is 15.0 Å². The highest BCUT2D eigenvalue weighted by molar-refractivity contribution is 5.19. The molecule has 0 radical (unpaired) electrons. The van der Waals surface area contributed by atoms with Gasteiger partial charge in [0.25, 0.3) is 0 Å². The summed E-state index contributed by atoms with van der Waals surface area (Å²) in [6, 6.07) is 14.2. The van der Waals surface area contributed by atoms with E-state index in [-0.39, 0.29) is 27.3 Å². The minimum atomic E-state index is 0.0660. The third-order valence-corrected chi connectivity index (χ3v) is 6.89. The molecule has 0 atom stereocenters. The number of imidazole rings is 1. The van der Waals surface area contributed by atoms with Crippen molar-refractivity contribution in [2.24, 2.45) is 0 Å². The molecule has 262 valence electrons. The predicted octanol–water partition coefficient (Wildman–Crippen LogP) is 9.81. The SMILES string of the molecule is CC(C)(C)c1ccccn1.CC(C)(C)c1cccnc1.CC(C)(C)c1ccncc1.CC(C)(C)n1ccnc1.CC(C)(C)n1cncn1. The zero-order valence-corrected chi connectivity index (χ0v) is 32.4. The maximum atomic E-state index is 4.25. The summed E-state index contributed by atoms with van der Waals surface area (Å²) in [6.07, 6.45) is 18.1. The lowest BCUT2D eigenvalue weighted by Gasteiger charge is -2.19. The molecule has 0 spiro atoms. The minimum Gasteiger partial charge on any atom is -0.332 e. The number of nitrogens with zero attached hydrogens (tertiary/aromatic N) is 8. The van der Waals surface area contributed by atoms with E-state index in [0.717, 1.165) is 5.69 Å². The first-order valence-electron chi connectivity index (χ1n) is 16.6. The van der Waals surface area contributed by atoms with Crippen LogP contribution in [0.3, 0.4) is 0 Å². The van der Waals surface area contributed by atoms with Crippen molar-refractivity contribution in [2.45, 2.75) is 131 Å². The molecular weight excluding hydrogens is 592 g/mol. The molecule has 48 heavy (non-hydrogen) atoms. The van der Waals surface area contributed by atoms with Gasteiger partial charge in [-0.05, 0) is 93.8 Å². The zero-order valence-electron chi connectivity index (χ0n) is 32.4. The number of hydrogen-bond donors (Lipinski definition) is 0. The average molecular weight is 655 g/mol. The molecular formula is C40H62N8. The molecule has 5 aromatic heterocycles. The Kier molecular flexibility index (Phi) is 16.0. The first kappa shape index (κ1) is 41.8. The van der Waals surface area contributed by atoms with Crippen LogP contribution in [0.2, 0.25) is 0 Å². The molecule has 5 aromatic rings. The number of rotatable bonds is 0. The third-order valence-electron chi connectivity index (χ3n) is 6.89. The Morgan fingerprint density at radius 3 is 1.38 bits per heavy atom. The van der Waals surface area contributed by atoms with Gasteiger partial charge in [-0.25, -0.2) is 14.6 Å². The summed E-state index contributed by atoms with van der Waals surface area (Å²) < 4.78 is 3.90. The molecule has 0 fully saturated rings. The van der Waals surface area contributed by atoms with Gasteiger partial charge in [0.05, 0.1) is 11.9 Å². The van der Waals surface area contributed by atoms with E-state index in [1.807, 2.05) is 60.2 Å². The van der Waals surface area contributed by atoms with Crippen molar-refractivity contribution >= 4 is 0 Å². The van der Waals surface area contributed by atoms with Crippen molar-refractivity contribution in [1.29, 1.82) is 0 Å². The number of aromatic nitrogens is 8. The average Bonchev–Trinajstić information content (AvgIpc) is 3.75. The second kappa shape index (κ2) is 18.4. The van der Waals surface area contributed by atoms with Crippen LogP contribution >= 0.6 is 0 Å². The van der Waals surface area contributed by atoms with E-state index >= 15 is 0 Å². The maximum absolute atomic E-state index is 4.25. The van der Waals surface area contributed by atoms with Crippen LogP contribution in [0.4, 0.5) is 0 Å². The van der Waals surface area contributed by atoms with Crippen LogP contribution in [0.5, 0.6) is 0 Å². The van der Waals surface area contributed by atoms with Gasteiger partial charge >= 0.3 is 0 Å². The van der Waals surface area contributed by atoms with Crippen molar-refractivity contribution in [1.82, 2.24) is 39.3 Å². The summed E-state index contributed by atoms with van der Waals surface area (Å²) in [5.41, 5.74) is 4.68. The summed E-state index contributed by atoms with van der Waals surface area (Å²) >= 11 is 0. The van der Waals surface area contributed by atoms with Crippen molar-refractivity contribution in [3.63, 3.8) is 0 Å². The van der Waals surface area contributed by atoms with Crippen LogP contribution in [0.15, 0.2) is 105 Å². The second-order valence-corrected chi connectivity index (χ2v) is 16.6. The monoisotopic (exact) mass is 655 g/mol. The van der Waals surface area contributed by atoms with E-state index in [2.05, 4.69) is 163 Å². The lowest BCUT2D eigenvalue weighted by Crippen LogP contribution is -2.21. The van der Waals surface area contributed by atoms with Crippen molar-refractivity contribution in [3.05, 3.63) is 122 Å². The fourth-order valence-electron chi connectivity index (χ4n) is 3.68. The zero-order chi connectivity index (χ0) is 36.7. The summed E-state index contributed by atoms with van der Waals surface area (Å²) in [7, 11) is 0. The van der Waals surface area contributed by atoms with Crippen LogP contribution in [0.1, 0.15) is 121 Å². The summed E-state index contributed by atoms with van der Waals surface area (Å²) in [5.74, 6) is 0. The highest BCUT2D eigenvalue weighted by Gasteiger charge is 2.14. The van der Waals surface area contributed by atoms with E-state index in [1.165, 1.54) is 11.1 Å². The molecule has 0 bridgehead atoms. The topological polar surface area (TPSA) is 87.2 Å². The largest absolute Gasteiger partial charge is 0.332 e. The third kappa shape index (κ3) is 17.1. The number of hydrogen-bond acceptors (Lipinski definition) is 6. The Morgan fingerprint density at radius 1 is 0.479 bits per heavy atom.